The number of hydrogen-bond donors (Lipinski definition) is 1. The Bertz CT molecular complexity index is 351. The molecular formula is C6H6NO5P. The molecule has 1 unspecified atom stereocenters. The highest BCUT2D eigenvalue weighted by Gasteiger charge is 2.37. The highest BCUT2D eigenvalue weighted by molar-refractivity contribution is 7.46. The Balaban J connectivity index is 2.82. The molecule has 13 heavy (non-hydrogen) atoms. The maximum Gasteiger partial charge on any atom is 0.720 e. The Morgan fingerprint density at radius 1 is 1.38 bits per heavy atom. The van der Waals surface area contributed by atoms with Gasteiger partial charge in [0.05, 0.1) is 0 Å². The van der Waals surface area contributed by atoms with Crippen molar-refractivity contribution in [2.45, 2.75) is 0 Å². The summed E-state index contributed by atoms with van der Waals surface area (Å²) in [6, 6.07) is 7.44. The van der Waals surface area contributed by atoms with E-state index in [0.29, 0.717) is 0 Å². The first kappa shape index (κ1) is 9.70. The largest absolute Gasteiger partial charge is 0.720 e. The van der Waals surface area contributed by atoms with Crippen LogP contribution in [0.2, 0.25) is 0 Å². The van der Waals surface area contributed by atoms with E-state index in [1.165, 1.54) is 24.3 Å². The fourth-order valence-electron chi connectivity index (χ4n) is 0.652. The van der Waals surface area contributed by atoms with Crippen molar-refractivity contribution in [3.8, 4) is 5.75 Å². The third-order valence-corrected chi connectivity index (χ3v) is 2.04. The molecule has 0 saturated carbocycles. The summed E-state index contributed by atoms with van der Waals surface area (Å²) in [7, 11) is -4.76. The third-order valence-electron chi connectivity index (χ3n) is 1.17. The van der Waals surface area contributed by atoms with Crippen LogP contribution in [0.25, 0.3) is 0 Å². The average Bonchev–Trinajstić information content (AvgIpc) is 2.05. The molecule has 0 aliphatic carbocycles. The summed E-state index contributed by atoms with van der Waals surface area (Å²) in [6.45, 7) is 0. The van der Waals surface area contributed by atoms with Gasteiger partial charge in [-0.25, -0.2) is 0 Å². The lowest BCUT2D eigenvalue weighted by molar-refractivity contribution is -0.339. The maximum absolute atomic E-state index is 10.7. The molecule has 1 aromatic rings. The molecule has 0 aliphatic rings. The number of hydrogen-bond acceptors (Lipinski definition) is 4. The first-order valence-electron chi connectivity index (χ1n) is 3.25. The van der Waals surface area contributed by atoms with E-state index in [-0.39, 0.29) is 5.75 Å². The molecule has 6 nitrogen and oxygen atoms in total. The minimum absolute atomic E-state index is 0.00923. The van der Waals surface area contributed by atoms with Crippen molar-refractivity contribution < 1.29 is 18.7 Å². The van der Waals surface area contributed by atoms with Crippen molar-refractivity contribution in [3.63, 3.8) is 0 Å². The molecule has 0 fully saturated rings. The topological polar surface area (TPSA) is 89.7 Å². The predicted octanol–water partition coefficient (Wildman–Crippen LogP) is 1.44. The molecule has 1 rings (SSSR count). The molecule has 0 spiro atoms. The average molecular weight is 203 g/mol. The molecule has 1 aromatic carbocycles. The van der Waals surface area contributed by atoms with Crippen LogP contribution in [0, 0.1) is 10.1 Å². The van der Waals surface area contributed by atoms with Crippen molar-refractivity contribution >= 4 is 7.75 Å². The van der Waals surface area contributed by atoms with Crippen LogP contribution in [-0.4, -0.2) is 9.59 Å². The molecule has 70 valence electrons. The zero-order valence-corrected chi connectivity index (χ0v) is 7.26. The lowest BCUT2D eigenvalue weighted by Gasteiger charge is -2.03. The highest BCUT2D eigenvalue weighted by Crippen LogP contribution is 2.42. The van der Waals surface area contributed by atoms with Gasteiger partial charge in [0.1, 0.15) is 10.4 Å². The van der Waals surface area contributed by atoms with Crippen LogP contribution >= 0.6 is 7.75 Å². The molecule has 0 radical (unpaired) electrons. The van der Waals surface area contributed by atoms with Gasteiger partial charge in [-0.05, 0) is 12.1 Å². The smallest absolute Gasteiger partial charge is 0.372 e. The van der Waals surface area contributed by atoms with Crippen LogP contribution in [0.3, 0.4) is 0 Å². The molecule has 0 heterocycles. The summed E-state index contributed by atoms with van der Waals surface area (Å²) >= 11 is 0. The van der Waals surface area contributed by atoms with E-state index < -0.39 is 12.4 Å². The van der Waals surface area contributed by atoms with Crippen molar-refractivity contribution in [3.05, 3.63) is 40.4 Å². The second-order valence-electron chi connectivity index (χ2n) is 2.13. The highest BCUT2D eigenvalue weighted by atomic mass is 31.2. The zero-order valence-electron chi connectivity index (χ0n) is 6.36. The van der Waals surface area contributed by atoms with Gasteiger partial charge in [0, 0.05) is 0 Å². The van der Waals surface area contributed by atoms with E-state index in [1.807, 2.05) is 0 Å². The first-order chi connectivity index (χ1) is 6.02. The van der Waals surface area contributed by atoms with Crippen LogP contribution in [0.5, 0.6) is 5.75 Å². The number of rotatable bonds is 3. The van der Waals surface area contributed by atoms with Gasteiger partial charge in [0.2, 0.25) is 0 Å². The van der Waals surface area contributed by atoms with Gasteiger partial charge in [-0.3, -0.25) is 15.0 Å². The molecule has 1 N–H and O–H groups in total. The Morgan fingerprint density at radius 2 is 1.92 bits per heavy atom. The van der Waals surface area contributed by atoms with Crippen molar-refractivity contribution in [1.82, 2.24) is 0 Å². The quantitative estimate of drug-likeness (QED) is 0.456. The lowest BCUT2D eigenvalue weighted by atomic mass is 10.3. The van der Waals surface area contributed by atoms with Gasteiger partial charge in [0.25, 0.3) is 0 Å². The van der Waals surface area contributed by atoms with E-state index in [0.717, 1.165) is 0 Å². The van der Waals surface area contributed by atoms with E-state index >= 15 is 0 Å². The Labute approximate surface area is 73.5 Å². The summed E-state index contributed by atoms with van der Waals surface area (Å²) in [5.41, 5.74) is 0. The van der Waals surface area contributed by atoms with Crippen molar-refractivity contribution in [2.75, 3.05) is 0 Å². The summed E-state index contributed by atoms with van der Waals surface area (Å²) in [4.78, 5) is 18.7. The second kappa shape index (κ2) is 3.55. The van der Waals surface area contributed by atoms with Crippen LogP contribution in [0.15, 0.2) is 30.3 Å². The fraction of sp³-hybridized carbons (Fsp3) is 0. The van der Waals surface area contributed by atoms with Gasteiger partial charge >= 0.3 is 7.75 Å². The molecule has 7 heteroatoms. The zero-order chi connectivity index (χ0) is 9.90. The number of benzene rings is 1. The van der Waals surface area contributed by atoms with Crippen LogP contribution in [0.4, 0.5) is 0 Å². The number of nitro groups is 1. The Hall–Kier alpha value is -1.39. The molecule has 0 aliphatic heterocycles. The number of para-hydroxylation sites is 1. The van der Waals surface area contributed by atoms with Gasteiger partial charge in [-0.15, -0.1) is 0 Å². The van der Waals surface area contributed by atoms with Gasteiger partial charge in [-0.1, -0.05) is 18.2 Å². The van der Waals surface area contributed by atoms with Gasteiger partial charge in [0.15, 0.2) is 0 Å². The predicted molar refractivity (Wildman–Crippen MR) is 43.9 cm³/mol. The minimum Gasteiger partial charge on any atom is -0.372 e. The monoisotopic (exact) mass is 203 g/mol. The summed E-state index contributed by atoms with van der Waals surface area (Å²) in [5, 5.41) is 9.99. The van der Waals surface area contributed by atoms with Crippen LogP contribution < -0.4 is 4.52 Å². The van der Waals surface area contributed by atoms with E-state index in [9.17, 15) is 14.7 Å². The van der Waals surface area contributed by atoms with E-state index in [2.05, 4.69) is 4.52 Å². The van der Waals surface area contributed by atoms with Crippen molar-refractivity contribution in [2.24, 2.45) is 0 Å². The number of nitrogens with zero attached hydrogens (tertiary/aromatic N) is 1. The normalized spacial score (nSPS) is 14.5. The minimum atomic E-state index is -4.76. The van der Waals surface area contributed by atoms with Crippen LogP contribution in [0.1, 0.15) is 0 Å². The molecule has 0 amide bonds. The molecule has 1 atom stereocenters. The second-order valence-corrected chi connectivity index (χ2v) is 3.62. The van der Waals surface area contributed by atoms with Gasteiger partial charge in [-0.2, -0.15) is 4.57 Å². The first-order valence-corrected chi connectivity index (χ1v) is 4.78. The Kier molecular flexibility index (Phi) is 2.65. The standard InChI is InChI=1S/C6H6NO5P/c8-7(9)13(10,11)12-6-4-2-1-3-5-6/h1-5H,(H,10,11). The molecule has 0 bridgehead atoms. The van der Waals surface area contributed by atoms with Crippen LogP contribution in [-0.2, 0) is 4.57 Å². The molecule has 0 saturated heterocycles. The molecule has 0 aromatic heterocycles. The summed E-state index contributed by atoms with van der Waals surface area (Å²) in [6.07, 6.45) is 0. The fourth-order valence-corrected chi connectivity index (χ4v) is 1.12. The van der Waals surface area contributed by atoms with E-state index in [4.69, 9.17) is 4.89 Å². The maximum atomic E-state index is 10.7. The Morgan fingerprint density at radius 3 is 2.38 bits per heavy atom. The SMILES string of the molecule is O=[N+]([O-])P(=O)(O)Oc1ccccc1. The summed E-state index contributed by atoms with van der Waals surface area (Å²) < 4.78 is 13.6. The van der Waals surface area contributed by atoms with Gasteiger partial charge < -0.3 is 4.52 Å². The molecular weight excluding hydrogens is 197 g/mol. The van der Waals surface area contributed by atoms with Crippen molar-refractivity contribution in [1.29, 1.82) is 0 Å². The summed E-state index contributed by atoms with van der Waals surface area (Å²) in [5.74, 6) is -0.00923. The van der Waals surface area contributed by atoms with E-state index in [1.54, 1.807) is 6.07 Å². The lowest BCUT2D eigenvalue weighted by Crippen LogP contribution is -2.01. The third kappa shape index (κ3) is 2.54.